The van der Waals surface area contributed by atoms with E-state index in [1.807, 2.05) is 22.5 Å². The first-order valence-electron chi connectivity index (χ1n) is 5.12. The molecule has 0 aliphatic carbocycles. The molecule has 0 bridgehead atoms. The maximum Gasteiger partial charge on any atom is 0.129 e. The van der Waals surface area contributed by atoms with Crippen LogP contribution in [0.25, 0.3) is 0 Å². The molecule has 2 heterocycles. The molecule has 0 aromatic carbocycles. The fourth-order valence-corrected chi connectivity index (χ4v) is 3.49. The molecule has 0 radical (unpaired) electrons. The third kappa shape index (κ3) is 2.66. The predicted molar refractivity (Wildman–Crippen MR) is 77.0 cm³/mol. The van der Waals surface area contributed by atoms with Crippen LogP contribution in [-0.4, -0.2) is 19.6 Å². The topological polar surface area (TPSA) is 35.6 Å². The van der Waals surface area contributed by atoms with Crippen LogP contribution in [0.2, 0.25) is 0 Å². The third-order valence-corrected chi connectivity index (χ3v) is 4.44. The van der Waals surface area contributed by atoms with Crippen molar-refractivity contribution in [2.24, 2.45) is 7.05 Å². The van der Waals surface area contributed by atoms with Crippen molar-refractivity contribution >= 4 is 47.8 Å². The summed E-state index contributed by atoms with van der Waals surface area (Å²) >= 11 is 10.4. The van der Waals surface area contributed by atoms with Gasteiger partial charge in [0.15, 0.2) is 0 Å². The van der Waals surface area contributed by atoms with Crippen molar-refractivity contribution in [1.29, 1.82) is 0 Å². The van der Waals surface area contributed by atoms with Gasteiger partial charge in [0.25, 0.3) is 0 Å². The lowest BCUT2D eigenvalue weighted by Gasteiger charge is -2.04. The number of hydrogen-bond acceptors (Lipinski definition) is 2. The molecule has 17 heavy (non-hydrogen) atoms. The lowest BCUT2D eigenvalue weighted by Crippen LogP contribution is -2.07. The van der Waals surface area contributed by atoms with Crippen molar-refractivity contribution in [2.75, 3.05) is 0 Å². The highest BCUT2D eigenvalue weighted by atomic mass is 79.9. The van der Waals surface area contributed by atoms with Gasteiger partial charge in [0.1, 0.15) is 9.21 Å². The summed E-state index contributed by atoms with van der Waals surface area (Å²) < 4.78 is 6.60. The Labute approximate surface area is 125 Å². The zero-order chi connectivity index (χ0) is 12.6. The van der Waals surface area contributed by atoms with Gasteiger partial charge < -0.3 is 0 Å². The van der Waals surface area contributed by atoms with Crippen LogP contribution in [0.4, 0.5) is 0 Å². The smallest absolute Gasteiger partial charge is 0.129 e. The van der Waals surface area contributed by atoms with Gasteiger partial charge in [-0.05, 0) is 54.2 Å². The summed E-state index contributed by atoms with van der Waals surface area (Å²) in [5, 5.41) is 8.81. The molecule has 0 saturated heterocycles. The van der Waals surface area contributed by atoms with Gasteiger partial charge in [-0.3, -0.25) is 9.36 Å². The highest BCUT2D eigenvalue weighted by Crippen LogP contribution is 2.24. The Bertz CT molecular complexity index is 544. The number of hydrogen-bond donors (Lipinski definition) is 0. The van der Waals surface area contributed by atoms with Crippen LogP contribution in [0.1, 0.15) is 18.3 Å². The van der Waals surface area contributed by atoms with E-state index in [1.165, 1.54) is 0 Å². The zero-order valence-corrected chi connectivity index (χ0v) is 14.2. The van der Waals surface area contributed by atoms with Crippen molar-refractivity contribution in [3.8, 4) is 0 Å². The molecule has 92 valence electrons. The summed E-state index contributed by atoms with van der Waals surface area (Å²) in [6, 6.07) is 1.92. The van der Waals surface area contributed by atoms with Crippen LogP contribution in [0.15, 0.2) is 19.7 Å². The van der Waals surface area contributed by atoms with Crippen molar-refractivity contribution in [1.82, 2.24) is 19.6 Å². The van der Waals surface area contributed by atoms with E-state index in [9.17, 15) is 0 Å². The van der Waals surface area contributed by atoms with Crippen molar-refractivity contribution in [3.63, 3.8) is 0 Å². The summed E-state index contributed by atoms with van der Waals surface area (Å²) in [5.41, 5.74) is 2.18. The molecule has 2 aromatic heterocycles. The van der Waals surface area contributed by atoms with Gasteiger partial charge in [0.05, 0.1) is 22.4 Å². The van der Waals surface area contributed by atoms with E-state index in [0.29, 0.717) is 6.54 Å². The van der Waals surface area contributed by atoms with E-state index < -0.39 is 0 Å². The standard InChI is InChI=1S/C10H11Br3N4/c1-3-6-10(13)7(16(2)14-6)5-17-9(12)4-8(11)15-17/h4H,3,5H2,1-2H3. The molecule has 0 aliphatic rings. The summed E-state index contributed by atoms with van der Waals surface area (Å²) in [6.07, 6.45) is 0.915. The van der Waals surface area contributed by atoms with Crippen molar-refractivity contribution in [2.45, 2.75) is 19.9 Å². The average Bonchev–Trinajstić information content (AvgIpc) is 2.72. The first-order valence-corrected chi connectivity index (χ1v) is 7.50. The Hall–Kier alpha value is -0.140. The van der Waals surface area contributed by atoms with E-state index in [-0.39, 0.29) is 0 Å². The molecule has 0 spiro atoms. The van der Waals surface area contributed by atoms with Crippen LogP contribution in [0.3, 0.4) is 0 Å². The van der Waals surface area contributed by atoms with Gasteiger partial charge in [0, 0.05) is 13.1 Å². The van der Waals surface area contributed by atoms with Gasteiger partial charge in [-0.25, -0.2) is 0 Å². The van der Waals surface area contributed by atoms with Crippen LogP contribution in [0, 0.1) is 0 Å². The summed E-state index contributed by atoms with van der Waals surface area (Å²) in [4.78, 5) is 0. The Kier molecular flexibility index (Phi) is 4.10. The second kappa shape index (κ2) is 5.24. The van der Waals surface area contributed by atoms with Crippen molar-refractivity contribution in [3.05, 3.63) is 31.1 Å². The highest BCUT2D eigenvalue weighted by Gasteiger charge is 2.14. The Morgan fingerprint density at radius 1 is 1.24 bits per heavy atom. The lowest BCUT2D eigenvalue weighted by atomic mass is 10.3. The molecule has 2 aromatic rings. The van der Waals surface area contributed by atoms with E-state index in [1.54, 1.807) is 0 Å². The number of aromatic nitrogens is 4. The lowest BCUT2D eigenvalue weighted by molar-refractivity contribution is 0.605. The highest BCUT2D eigenvalue weighted by molar-refractivity contribution is 9.11. The Morgan fingerprint density at radius 2 is 1.94 bits per heavy atom. The fraction of sp³-hybridized carbons (Fsp3) is 0.400. The first-order chi connectivity index (χ1) is 8.02. The van der Waals surface area contributed by atoms with Gasteiger partial charge in [-0.1, -0.05) is 6.92 Å². The van der Waals surface area contributed by atoms with Crippen LogP contribution in [-0.2, 0) is 20.0 Å². The van der Waals surface area contributed by atoms with E-state index >= 15 is 0 Å². The number of nitrogens with zero attached hydrogens (tertiary/aromatic N) is 4. The molecule has 0 unspecified atom stereocenters. The Balaban J connectivity index is 2.36. The molecule has 0 saturated carbocycles. The van der Waals surface area contributed by atoms with Gasteiger partial charge in [-0.15, -0.1) is 0 Å². The van der Waals surface area contributed by atoms with E-state index in [4.69, 9.17) is 0 Å². The van der Waals surface area contributed by atoms with E-state index in [2.05, 4.69) is 64.9 Å². The first kappa shape index (κ1) is 13.3. The molecule has 0 N–H and O–H groups in total. The van der Waals surface area contributed by atoms with Crippen LogP contribution in [0.5, 0.6) is 0 Å². The molecule has 0 aliphatic heterocycles. The third-order valence-electron chi connectivity index (χ3n) is 2.50. The van der Waals surface area contributed by atoms with Gasteiger partial charge >= 0.3 is 0 Å². The Morgan fingerprint density at radius 3 is 2.41 bits per heavy atom. The molecule has 0 fully saturated rings. The number of halogens is 3. The molecule has 4 nitrogen and oxygen atoms in total. The fourth-order valence-electron chi connectivity index (χ4n) is 1.61. The van der Waals surface area contributed by atoms with E-state index in [0.717, 1.165) is 31.5 Å². The maximum absolute atomic E-state index is 4.46. The molecule has 0 atom stereocenters. The summed E-state index contributed by atoms with van der Waals surface area (Å²) in [5.74, 6) is 0. The minimum Gasteiger partial charge on any atom is -0.269 e. The number of aryl methyl sites for hydroxylation is 2. The second-order valence-corrected chi connectivity index (χ2v) is 6.05. The normalized spacial score (nSPS) is 11.1. The van der Waals surface area contributed by atoms with Gasteiger partial charge in [0.2, 0.25) is 0 Å². The van der Waals surface area contributed by atoms with Crippen molar-refractivity contribution < 1.29 is 0 Å². The van der Waals surface area contributed by atoms with Gasteiger partial charge in [-0.2, -0.15) is 10.2 Å². The second-order valence-electron chi connectivity index (χ2n) is 3.63. The SMILES string of the molecule is CCc1nn(C)c(Cn2nc(Br)cc2Br)c1Br. The molecule has 7 heteroatoms. The minimum atomic E-state index is 0.677. The molecular formula is C10H11Br3N4. The predicted octanol–water partition coefficient (Wildman–Crippen LogP) is 3.51. The minimum absolute atomic E-state index is 0.677. The quantitative estimate of drug-likeness (QED) is 0.752. The summed E-state index contributed by atoms with van der Waals surface area (Å²) in [7, 11) is 1.95. The van der Waals surface area contributed by atoms with Crippen LogP contribution >= 0.6 is 47.8 Å². The molecule has 0 amide bonds. The molecule has 2 rings (SSSR count). The zero-order valence-electron chi connectivity index (χ0n) is 9.41. The van der Waals surface area contributed by atoms with Crippen LogP contribution < -0.4 is 0 Å². The monoisotopic (exact) mass is 424 g/mol. The largest absolute Gasteiger partial charge is 0.269 e. The average molecular weight is 427 g/mol. The summed E-state index contributed by atoms with van der Waals surface area (Å²) in [6.45, 7) is 2.77. The maximum atomic E-state index is 4.46. The number of rotatable bonds is 3. The molecular weight excluding hydrogens is 416 g/mol.